The first-order valence-corrected chi connectivity index (χ1v) is 6.28. The molecule has 0 aromatic carbocycles. The van der Waals surface area contributed by atoms with Crippen LogP contribution in [0.2, 0.25) is 6.56 Å². The average Bonchev–Trinajstić information content (AvgIpc) is 2.86. The Morgan fingerprint density at radius 1 is 1.78 bits per heavy atom. The lowest BCUT2D eigenvalue weighted by Crippen LogP contribution is -2.35. The fourth-order valence-corrected chi connectivity index (χ4v) is 1.98. The second kappa shape index (κ2) is 4.86. The van der Waals surface area contributed by atoms with Crippen LogP contribution in [0.1, 0.15) is 37.4 Å². The monoisotopic (exact) mass is 270 g/mol. The number of halogens is 1. The number of hydrogen-bond donors (Lipinski definition) is 1. The van der Waals surface area contributed by atoms with Gasteiger partial charge in [0, 0.05) is 16.5 Å². The minimum Gasteiger partial charge on any atom is -0.314 e. The number of nitrogens with one attached hydrogen (secondary N) is 1. The van der Waals surface area contributed by atoms with Crippen molar-refractivity contribution in [1.82, 2.24) is 19.9 Å². The highest BCUT2D eigenvalue weighted by Gasteiger charge is 2.15. The Morgan fingerprint density at radius 3 is 3.50 bits per heavy atom. The summed E-state index contributed by atoms with van der Waals surface area (Å²) in [5, 5.41) is 4.95. The van der Waals surface area contributed by atoms with E-state index in [4.69, 9.17) is 19.9 Å². The smallest absolute Gasteiger partial charge is 0.154 e. The molecule has 0 unspecified atom stereocenters. The number of hydrogen-bond acceptors (Lipinski definition) is 3. The third-order valence-corrected chi connectivity index (χ3v) is 3.17. The van der Waals surface area contributed by atoms with Gasteiger partial charge in [0.25, 0.3) is 0 Å². The molecule has 0 aliphatic carbocycles. The predicted octanol–water partition coefficient (Wildman–Crippen LogP) is 2.38. The summed E-state index contributed by atoms with van der Waals surface area (Å²) < 4.78 is 50.7. The summed E-state index contributed by atoms with van der Waals surface area (Å²) in [5.74, 6) is 0. The summed E-state index contributed by atoms with van der Waals surface area (Å²) in [6.07, 6.45) is -1.20. The summed E-state index contributed by atoms with van der Waals surface area (Å²) in [7, 11) is 0. The lowest BCUT2D eigenvalue weighted by molar-refractivity contribution is 0.397. The van der Waals surface area contributed by atoms with Gasteiger partial charge in [-0.3, -0.25) is 0 Å². The van der Waals surface area contributed by atoms with Crippen molar-refractivity contribution in [2.75, 3.05) is 6.54 Å². The van der Waals surface area contributed by atoms with Gasteiger partial charge in [-0.2, -0.15) is 5.10 Å². The zero-order valence-electron chi connectivity index (χ0n) is 16.0. The predicted molar refractivity (Wildman–Crippen MR) is 72.1 cm³/mol. The molecule has 5 heteroatoms. The van der Waals surface area contributed by atoms with E-state index in [0.717, 1.165) is 16.2 Å². The molecule has 96 valence electrons. The Morgan fingerprint density at radius 2 is 2.67 bits per heavy atom. The molecule has 0 spiro atoms. The maximum atomic E-state index is 8.51. The topological polar surface area (TPSA) is 42.2 Å². The molecule has 0 amide bonds. The highest BCUT2D eigenvalue weighted by Crippen LogP contribution is 2.16. The van der Waals surface area contributed by atoms with E-state index in [9.17, 15) is 0 Å². The first kappa shape index (κ1) is 6.87. The van der Waals surface area contributed by atoms with E-state index in [1.165, 1.54) is 0 Å². The molecule has 1 fully saturated rings. The van der Waals surface area contributed by atoms with Gasteiger partial charge in [0.15, 0.2) is 10.8 Å². The van der Waals surface area contributed by atoms with Crippen LogP contribution in [0.5, 0.6) is 0 Å². The quantitative estimate of drug-likeness (QED) is 0.911. The van der Waals surface area contributed by atoms with Crippen molar-refractivity contribution in [2.45, 2.75) is 38.6 Å². The molecule has 3 heterocycles. The molecular weight excluding hydrogens is 248 g/mol. The minimum atomic E-state index is -2.37. The van der Waals surface area contributed by atoms with Gasteiger partial charge in [0.2, 0.25) is 0 Å². The van der Waals surface area contributed by atoms with Crippen LogP contribution in [-0.4, -0.2) is 27.2 Å². The Bertz CT molecular complexity index is 810. The molecule has 1 N–H and O–H groups in total. The third kappa shape index (κ3) is 2.35. The van der Waals surface area contributed by atoms with Crippen LogP contribution in [-0.2, 0) is 6.37 Å². The van der Waals surface area contributed by atoms with Crippen LogP contribution in [0, 0.1) is 6.92 Å². The summed E-state index contributed by atoms with van der Waals surface area (Å²) >= 11 is 5.96. The Hall–Kier alpha value is -1.13. The lowest BCUT2D eigenvalue weighted by atomic mass is 10.0. The summed E-state index contributed by atoms with van der Waals surface area (Å²) in [6.45, 7) is 1.89. The largest absolute Gasteiger partial charge is 0.314 e. The zero-order valence-corrected chi connectivity index (χ0v) is 10.8. The van der Waals surface area contributed by atoms with Crippen molar-refractivity contribution in [3.05, 3.63) is 28.6 Å². The lowest BCUT2D eigenvalue weighted by Gasteiger charge is -2.22. The van der Waals surface area contributed by atoms with Gasteiger partial charge in [0.1, 0.15) is 1.41 Å². The highest BCUT2D eigenvalue weighted by molar-refractivity contribution is 6.30. The van der Waals surface area contributed by atoms with Crippen LogP contribution in [0.4, 0.5) is 0 Å². The van der Waals surface area contributed by atoms with Crippen LogP contribution >= 0.6 is 11.6 Å². The number of rotatable bonds is 2. The summed E-state index contributed by atoms with van der Waals surface area (Å²) in [6, 6.07) is -1.88. The number of fused-ring (bicyclic) bond motifs is 1. The van der Waals surface area contributed by atoms with E-state index in [1.807, 2.05) is 0 Å². The third-order valence-electron chi connectivity index (χ3n) is 2.81. The van der Waals surface area contributed by atoms with Gasteiger partial charge in [0.05, 0.1) is 14.6 Å². The molecule has 2 aromatic rings. The van der Waals surface area contributed by atoms with Crippen molar-refractivity contribution in [1.29, 1.82) is 0 Å². The summed E-state index contributed by atoms with van der Waals surface area (Å²) in [5.41, 5.74) is 0.123. The van der Waals surface area contributed by atoms with E-state index < -0.39 is 12.4 Å². The molecule has 1 saturated heterocycles. The second-order valence-corrected chi connectivity index (χ2v) is 4.62. The van der Waals surface area contributed by atoms with Crippen LogP contribution in [0.15, 0.2) is 12.2 Å². The van der Waals surface area contributed by atoms with Crippen molar-refractivity contribution < 1.29 is 8.27 Å². The first-order chi connectivity index (χ1) is 11.1. The SMILES string of the molecule is [2H]c1c(C)c(Cl)nn2c([2H])c(C([2H])([2H])[C@]3([2H])CCCCN3[2H])nc12. The second-order valence-electron chi connectivity index (χ2n) is 4.26. The standard InChI is InChI=1S/C13H17ClN4/c1-9-6-12-16-11(8-18(12)17-13(9)14)7-10-4-2-3-5-15-10/h6,8,10,15H,2-5,7H2,1H3/t10-/m0/s1/i6D,7D2,8D,10D/hD. The van der Waals surface area contributed by atoms with Gasteiger partial charge in [-0.05, 0) is 37.9 Å². The molecular formula is C13H17ClN4. The minimum absolute atomic E-state index is 0.0247. The van der Waals surface area contributed by atoms with E-state index >= 15 is 0 Å². The summed E-state index contributed by atoms with van der Waals surface area (Å²) in [4.78, 5) is 4.10. The first-order valence-electron chi connectivity index (χ1n) is 8.85. The highest BCUT2D eigenvalue weighted by atomic mass is 35.5. The molecule has 0 bridgehead atoms. The average molecular weight is 271 g/mol. The van der Waals surface area contributed by atoms with E-state index in [-0.39, 0.29) is 41.7 Å². The van der Waals surface area contributed by atoms with Crippen molar-refractivity contribution in [2.24, 2.45) is 0 Å². The van der Waals surface area contributed by atoms with Gasteiger partial charge >= 0.3 is 0 Å². The number of nitrogens with zero attached hydrogens (tertiary/aromatic N) is 3. The van der Waals surface area contributed by atoms with Gasteiger partial charge < -0.3 is 5.31 Å². The van der Waals surface area contributed by atoms with Gasteiger partial charge in [-0.1, -0.05) is 18.0 Å². The zero-order chi connectivity index (χ0) is 17.9. The van der Waals surface area contributed by atoms with Crippen LogP contribution < -0.4 is 5.31 Å². The van der Waals surface area contributed by atoms with Crippen LogP contribution in [0.25, 0.3) is 5.65 Å². The van der Waals surface area contributed by atoms with Gasteiger partial charge in [-0.15, -0.1) is 0 Å². The Kier molecular flexibility index (Phi) is 1.85. The molecule has 1 atom stereocenters. The van der Waals surface area contributed by atoms with E-state index in [0.29, 0.717) is 12.0 Å². The van der Waals surface area contributed by atoms with Gasteiger partial charge in [-0.25, -0.2) is 9.50 Å². The van der Waals surface area contributed by atoms with Crippen molar-refractivity contribution in [3.8, 4) is 0 Å². The molecule has 0 radical (unpaired) electrons. The molecule has 1 aliphatic heterocycles. The molecule has 1 aliphatic rings. The molecule has 0 saturated carbocycles. The van der Waals surface area contributed by atoms with Crippen molar-refractivity contribution >= 4 is 17.2 Å². The fraction of sp³-hybridized carbons (Fsp3) is 0.538. The fourth-order valence-electron chi connectivity index (χ4n) is 1.86. The Labute approximate surface area is 120 Å². The van der Waals surface area contributed by atoms with E-state index in [1.54, 1.807) is 6.92 Å². The number of aromatic nitrogens is 3. The van der Waals surface area contributed by atoms with Crippen LogP contribution in [0.3, 0.4) is 0 Å². The normalized spacial score (nSPS) is 31.2. The molecule has 4 nitrogen and oxygen atoms in total. The van der Waals surface area contributed by atoms with E-state index in [2.05, 4.69) is 10.1 Å². The number of piperidine rings is 1. The number of imidazole rings is 1. The maximum absolute atomic E-state index is 8.51. The molecule has 18 heavy (non-hydrogen) atoms. The molecule has 2 aromatic heterocycles. The Balaban J connectivity index is 2.21. The van der Waals surface area contributed by atoms with Crippen molar-refractivity contribution in [3.63, 3.8) is 0 Å². The maximum Gasteiger partial charge on any atom is 0.154 e. The molecule has 3 rings (SSSR count).